The summed E-state index contributed by atoms with van der Waals surface area (Å²) in [6.45, 7) is 2.79. The Bertz CT molecular complexity index is 308. The molecule has 0 spiro atoms. The second-order valence-electron chi connectivity index (χ2n) is 3.94. The molecule has 76 valence electrons. The van der Waals surface area contributed by atoms with E-state index in [1.165, 1.54) is 0 Å². The van der Waals surface area contributed by atoms with Gasteiger partial charge in [-0.3, -0.25) is 0 Å². The van der Waals surface area contributed by atoms with Crippen molar-refractivity contribution in [3.63, 3.8) is 0 Å². The van der Waals surface area contributed by atoms with Crippen LogP contribution in [0.1, 0.15) is 18.4 Å². The molecule has 0 saturated heterocycles. The molecule has 1 fully saturated rings. The first-order valence-electron chi connectivity index (χ1n) is 5.08. The summed E-state index contributed by atoms with van der Waals surface area (Å²) in [4.78, 5) is 4.20. The number of nitrogens with zero attached hydrogens (tertiary/aromatic N) is 1. The molecule has 0 aromatic carbocycles. The molecule has 1 aromatic heterocycles. The van der Waals surface area contributed by atoms with Crippen LogP contribution in [0.4, 0.5) is 0 Å². The molecule has 1 aliphatic carbocycles. The molecular weight excluding hydrogens is 176 g/mol. The van der Waals surface area contributed by atoms with E-state index in [2.05, 4.69) is 4.98 Å². The zero-order valence-electron chi connectivity index (χ0n) is 8.44. The van der Waals surface area contributed by atoms with Crippen molar-refractivity contribution in [1.82, 2.24) is 4.98 Å². The van der Waals surface area contributed by atoms with Gasteiger partial charge in [0.15, 0.2) is 0 Å². The van der Waals surface area contributed by atoms with Crippen molar-refractivity contribution in [2.75, 3.05) is 6.54 Å². The third-order valence-corrected chi connectivity index (χ3v) is 2.77. The number of nitrogens with two attached hydrogens (primary N) is 1. The van der Waals surface area contributed by atoms with Gasteiger partial charge in [0.25, 0.3) is 0 Å². The molecule has 0 unspecified atom stereocenters. The monoisotopic (exact) mass is 192 g/mol. The van der Waals surface area contributed by atoms with E-state index in [1.807, 2.05) is 19.1 Å². The lowest BCUT2D eigenvalue weighted by molar-refractivity contribution is 0.0642. The van der Waals surface area contributed by atoms with E-state index >= 15 is 0 Å². The lowest BCUT2D eigenvalue weighted by atomic mass is 9.82. The molecular formula is C11H16N2O. The number of aryl methyl sites for hydroxylation is 1. The number of pyridine rings is 1. The first kappa shape index (κ1) is 9.46. The molecule has 2 rings (SSSR count). The largest absolute Gasteiger partial charge is 0.474 e. The first-order valence-corrected chi connectivity index (χ1v) is 5.08. The van der Waals surface area contributed by atoms with E-state index in [4.69, 9.17) is 10.5 Å². The Hall–Kier alpha value is -1.09. The number of rotatable bonds is 3. The number of ether oxygens (including phenoxy) is 1. The smallest absolute Gasteiger partial charge is 0.216 e. The Morgan fingerprint density at radius 3 is 3.00 bits per heavy atom. The van der Waals surface area contributed by atoms with Gasteiger partial charge in [-0.1, -0.05) is 6.07 Å². The van der Waals surface area contributed by atoms with Crippen molar-refractivity contribution in [3.8, 4) is 5.88 Å². The summed E-state index contributed by atoms with van der Waals surface area (Å²) in [5, 5.41) is 0. The number of aromatic nitrogens is 1. The summed E-state index contributed by atoms with van der Waals surface area (Å²) in [6.07, 6.45) is 4.25. The second-order valence-corrected chi connectivity index (χ2v) is 3.94. The van der Waals surface area contributed by atoms with Crippen LogP contribution in [0.2, 0.25) is 0 Å². The van der Waals surface area contributed by atoms with Gasteiger partial charge in [-0.15, -0.1) is 0 Å². The third kappa shape index (κ3) is 1.87. The average molecular weight is 192 g/mol. The maximum absolute atomic E-state index is 5.75. The summed E-state index contributed by atoms with van der Waals surface area (Å²) in [7, 11) is 0. The number of hydrogen-bond donors (Lipinski definition) is 1. The van der Waals surface area contributed by atoms with Crippen LogP contribution < -0.4 is 10.5 Å². The van der Waals surface area contributed by atoms with Crippen LogP contribution in [0.15, 0.2) is 18.3 Å². The second kappa shape index (κ2) is 3.96. The molecule has 0 aliphatic heterocycles. The van der Waals surface area contributed by atoms with Gasteiger partial charge in [-0.25, -0.2) is 4.98 Å². The predicted octanol–water partition coefficient (Wildman–Crippen LogP) is 1.51. The van der Waals surface area contributed by atoms with Crippen molar-refractivity contribution in [1.29, 1.82) is 0 Å². The molecule has 0 bridgehead atoms. The van der Waals surface area contributed by atoms with Crippen molar-refractivity contribution in [2.24, 2.45) is 11.7 Å². The van der Waals surface area contributed by atoms with E-state index in [0.717, 1.165) is 30.8 Å². The van der Waals surface area contributed by atoms with Crippen LogP contribution >= 0.6 is 0 Å². The van der Waals surface area contributed by atoms with Crippen molar-refractivity contribution in [2.45, 2.75) is 25.9 Å². The minimum absolute atomic E-state index is 0.331. The van der Waals surface area contributed by atoms with E-state index in [0.29, 0.717) is 12.0 Å². The topological polar surface area (TPSA) is 48.1 Å². The van der Waals surface area contributed by atoms with E-state index < -0.39 is 0 Å². The summed E-state index contributed by atoms with van der Waals surface area (Å²) in [6, 6.07) is 3.94. The molecule has 0 amide bonds. The highest BCUT2D eigenvalue weighted by Crippen LogP contribution is 2.30. The van der Waals surface area contributed by atoms with Crippen LogP contribution in [0.5, 0.6) is 5.88 Å². The molecule has 14 heavy (non-hydrogen) atoms. The molecule has 2 N–H and O–H groups in total. The highest BCUT2D eigenvalue weighted by atomic mass is 16.5. The minimum atomic E-state index is 0.331. The third-order valence-electron chi connectivity index (χ3n) is 2.77. The molecule has 1 heterocycles. The van der Waals surface area contributed by atoms with Gasteiger partial charge in [0.2, 0.25) is 5.88 Å². The summed E-state index contributed by atoms with van der Waals surface area (Å²) >= 11 is 0. The standard InChI is InChI=1S/C11H16N2O/c1-8-3-2-4-13-11(8)14-10-5-9(6-10)7-12/h2-4,9-10H,5-7,12H2,1H3. The molecule has 1 aromatic rings. The van der Waals surface area contributed by atoms with Gasteiger partial charge in [0.05, 0.1) is 0 Å². The molecule has 1 aliphatic rings. The van der Waals surface area contributed by atoms with Crippen LogP contribution in [0.25, 0.3) is 0 Å². The lowest BCUT2D eigenvalue weighted by Crippen LogP contribution is -2.38. The fraction of sp³-hybridized carbons (Fsp3) is 0.545. The average Bonchev–Trinajstić information content (AvgIpc) is 2.13. The van der Waals surface area contributed by atoms with Gasteiger partial charge < -0.3 is 10.5 Å². The van der Waals surface area contributed by atoms with Crippen molar-refractivity contribution in [3.05, 3.63) is 23.9 Å². The quantitative estimate of drug-likeness (QED) is 0.789. The fourth-order valence-electron chi connectivity index (χ4n) is 1.72. The predicted molar refractivity (Wildman–Crippen MR) is 55.2 cm³/mol. The van der Waals surface area contributed by atoms with Gasteiger partial charge in [-0.05, 0) is 38.3 Å². The van der Waals surface area contributed by atoms with E-state index in [1.54, 1.807) is 6.20 Å². The summed E-state index contributed by atoms with van der Waals surface area (Å²) < 4.78 is 5.75. The molecule has 1 saturated carbocycles. The Morgan fingerprint density at radius 2 is 2.36 bits per heavy atom. The summed E-state index contributed by atoms with van der Waals surface area (Å²) in [5.74, 6) is 1.43. The molecule has 3 nitrogen and oxygen atoms in total. The maximum atomic E-state index is 5.75. The lowest BCUT2D eigenvalue weighted by Gasteiger charge is -2.34. The Labute approximate surface area is 84.3 Å². The minimum Gasteiger partial charge on any atom is -0.474 e. The maximum Gasteiger partial charge on any atom is 0.216 e. The van der Waals surface area contributed by atoms with Gasteiger partial charge in [-0.2, -0.15) is 0 Å². The van der Waals surface area contributed by atoms with E-state index in [9.17, 15) is 0 Å². The molecule has 3 heteroatoms. The first-order chi connectivity index (χ1) is 6.79. The summed E-state index contributed by atoms with van der Waals surface area (Å²) in [5.41, 5.74) is 6.65. The zero-order chi connectivity index (χ0) is 9.97. The Kier molecular flexibility index (Phi) is 2.68. The van der Waals surface area contributed by atoms with E-state index in [-0.39, 0.29) is 0 Å². The van der Waals surface area contributed by atoms with Crippen molar-refractivity contribution < 1.29 is 4.74 Å². The normalized spacial score (nSPS) is 25.6. The fourth-order valence-corrected chi connectivity index (χ4v) is 1.72. The van der Waals surface area contributed by atoms with Crippen LogP contribution in [0.3, 0.4) is 0 Å². The van der Waals surface area contributed by atoms with Gasteiger partial charge in [0.1, 0.15) is 6.10 Å². The Balaban J connectivity index is 1.90. The van der Waals surface area contributed by atoms with Crippen LogP contribution in [0, 0.1) is 12.8 Å². The van der Waals surface area contributed by atoms with Crippen LogP contribution in [-0.4, -0.2) is 17.6 Å². The highest BCUT2D eigenvalue weighted by Gasteiger charge is 2.30. The molecule has 0 radical (unpaired) electrons. The van der Waals surface area contributed by atoms with Gasteiger partial charge >= 0.3 is 0 Å². The number of hydrogen-bond acceptors (Lipinski definition) is 3. The van der Waals surface area contributed by atoms with Gasteiger partial charge in [0, 0.05) is 11.8 Å². The van der Waals surface area contributed by atoms with Crippen LogP contribution in [-0.2, 0) is 0 Å². The highest BCUT2D eigenvalue weighted by molar-refractivity contribution is 5.23. The molecule has 0 atom stereocenters. The zero-order valence-corrected chi connectivity index (χ0v) is 8.44. The van der Waals surface area contributed by atoms with Crippen molar-refractivity contribution >= 4 is 0 Å². The Morgan fingerprint density at radius 1 is 1.57 bits per heavy atom. The SMILES string of the molecule is Cc1cccnc1OC1CC(CN)C1.